The minimum absolute atomic E-state index is 0.175. The summed E-state index contributed by atoms with van der Waals surface area (Å²) >= 11 is 0. The van der Waals surface area contributed by atoms with Gasteiger partial charge in [0.25, 0.3) is 0 Å². The maximum Gasteiger partial charge on any atom is 0.188 e. The Kier molecular flexibility index (Phi) is 8.92. The van der Waals surface area contributed by atoms with Gasteiger partial charge in [-0.1, -0.05) is 44.2 Å². The molecular formula is C21H36N4O. The molecule has 2 rings (SSSR count). The van der Waals surface area contributed by atoms with Crippen LogP contribution in [0.1, 0.15) is 38.7 Å². The monoisotopic (exact) mass is 360 g/mol. The number of nitrogens with zero attached hydrogens (tertiary/aromatic N) is 2. The van der Waals surface area contributed by atoms with Crippen molar-refractivity contribution in [3.8, 4) is 0 Å². The first-order valence-electron chi connectivity index (χ1n) is 9.93. The molecule has 5 nitrogen and oxygen atoms in total. The smallest absolute Gasteiger partial charge is 0.188 e. The van der Waals surface area contributed by atoms with E-state index in [4.69, 9.17) is 10.5 Å². The molecule has 0 bridgehead atoms. The van der Waals surface area contributed by atoms with Gasteiger partial charge in [0.15, 0.2) is 5.96 Å². The average Bonchev–Trinajstić information content (AvgIpc) is 2.65. The van der Waals surface area contributed by atoms with Crippen LogP contribution in [-0.2, 0) is 11.2 Å². The number of aryl methyl sites for hydroxylation is 1. The highest BCUT2D eigenvalue weighted by molar-refractivity contribution is 5.77. The van der Waals surface area contributed by atoms with Gasteiger partial charge in [-0.3, -0.25) is 9.89 Å². The third-order valence-corrected chi connectivity index (χ3v) is 4.90. The first-order chi connectivity index (χ1) is 12.6. The van der Waals surface area contributed by atoms with E-state index in [0.29, 0.717) is 5.96 Å². The molecule has 3 N–H and O–H groups in total. The molecule has 0 saturated carbocycles. The van der Waals surface area contributed by atoms with Crippen LogP contribution in [0.5, 0.6) is 0 Å². The first kappa shape index (κ1) is 20.7. The van der Waals surface area contributed by atoms with Gasteiger partial charge in [-0.25, -0.2) is 0 Å². The normalized spacial score (nSPS) is 16.6. The Bertz CT molecular complexity index is 524. The van der Waals surface area contributed by atoms with Gasteiger partial charge in [-0.15, -0.1) is 0 Å². The van der Waals surface area contributed by atoms with E-state index in [9.17, 15) is 0 Å². The van der Waals surface area contributed by atoms with Crippen LogP contribution in [0.3, 0.4) is 0 Å². The number of guanidine groups is 1. The van der Waals surface area contributed by atoms with Crippen molar-refractivity contribution >= 4 is 5.96 Å². The molecule has 1 aromatic rings. The first-order valence-corrected chi connectivity index (χ1v) is 9.93. The Morgan fingerprint density at radius 2 is 1.92 bits per heavy atom. The molecule has 1 aliphatic rings. The molecule has 0 unspecified atom stereocenters. The molecule has 1 heterocycles. The Labute approximate surface area is 159 Å². The highest BCUT2D eigenvalue weighted by atomic mass is 16.5. The molecule has 0 amide bonds. The van der Waals surface area contributed by atoms with E-state index in [1.54, 1.807) is 0 Å². The lowest BCUT2D eigenvalue weighted by molar-refractivity contribution is 0.0376. The van der Waals surface area contributed by atoms with E-state index in [1.807, 2.05) is 0 Å². The topological polar surface area (TPSA) is 62.9 Å². The van der Waals surface area contributed by atoms with Crippen LogP contribution in [0.25, 0.3) is 0 Å². The van der Waals surface area contributed by atoms with Crippen LogP contribution in [-0.4, -0.2) is 56.8 Å². The Morgan fingerprint density at radius 1 is 1.19 bits per heavy atom. The Hall–Kier alpha value is -1.59. The summed E-state index contributed by atoms with van der Waals surface area (Å²) < 4.78 is 5.36. The van der Waals surface area contributed by atoms with Gasteiger partial charge in [-0.2, -0.15) is 0 Å². The number of hydrogen-bond acceptors (Lipinski definition) is 3. The summed E-state index contributed by atoms with van der Waals surface area (Å²) in [6.45, 7) is 11.1. The summed E-state index contributed by atoms with van der Waals surface area (Å²) in [5.74, 6) is 0.572. The maximum absolute atomic E-state index is 6.03. The van der Waals surface area contributed by atoms with Crippen molar-refractivity contribution in [3.63, 3.8) is 0 Å². The fraction of sp³-hybridized carbons (Fsp3) is 0.667. The van der Waals surface area contributed by atoms with Crippen molar-refractivity contribution in [1.29, 1.82) is 0 Å². The summed E-state index contributed by atoms with van der Waals surface area (Å²) in [7, 11) is 0. The van der Waals surface area contributed by atoms with Crippen molar-refractivity contribution in [2.24, 2.45) is 16.1 Å². The van der Waals surface area contributed by atoms with E-state index in [-0.39, 0.29) is 5.41 Å². The number of rotatable bonds is 10. The predicted octanol–water partition coefficient (Wildman–Crippen LogP) is 2.66. The molecule has 0 atom stereocenters. The SMILES string of the molecule is CC(C)(CCCc1ccccc1)CN=C(N)NCCCN1CCOCC1. The molecule has 0 radical (unpaired) electrons. The lowest BCUT2D eigenvalue weighted by atomic mass is 9.86. The second-order valence-corrected chi connectivity index (χ2v) is 7.94. The number of morpholine rings is 1. The summed E-state index contributed by atoms with van der Waals surface area (Å²) in [6.07, 6.45) is 4.54. The maximum atomic E-state index is 6.03. The fourth-order valence-corrected chi connectivity index (χ4v) is 3.19. The van der Waals surface area contributed by atoms with E-state index in [0.717, 1.165) is 65.2 Å². The molecule has 1 aliphatic heterocycles. The second kappa shape index (κ2) is 11.2. The van der Waals surface area contributed by atoms with Crippen LogP contribution in [0.2, 0.25) is 0 Å². The van der Waals surface area contributed by atoms with E-state index in [2.05, 4.69) is 59.4 Å². The predicted molar refractivity (Wildman–Crippen MR) is 110 cm³/mol. The van der Waals surface area contributed by atoms with Gasteiger partial charge in [0.2, 0.25) is 0 Å². The zero-order valence-electron chi connectivity index (χ0n) is 16.5. The van der Waals surface area contributed by atoms with Crippen molar-refractivity contribution < 1.29 is 4.74 Å². The number of hydrogen-bond donors (Lipinski definition) is 2. The van der Waals surface area contributed by atoms with Crippen LogP contribution < -0.4 is 11.1 Å². The summed E-state index contributed by atoms with van der Waals surface area (Å²) in [5.41, 5.74) is 7.61. The van der Waals surface area contributed by atoms with Crippen molar-refractivity contribution in [3.05, 3.63) is 35.9 Å². The number of ether oxygens (including phenoxy) is 1. The lowest BCUT2D eigenvalue weighted by Crippen LogP contribution is -2.39. The molecule has 5 heteroatoms. The third-order valence-electron chi connectivity index (χ3n) is 4.90. The van der Waals surface area contributed by atoms with Crippen molar-refractivity contribution in [2.45, 2.75) is 39.5 Å². The lowest BCUT2D eigenvalue weighted by Gasteiger charge is -2.26. The molecule has 1 saturated heterocycles. The van der Waals surface area contributed by atoms with Gasteiger partial charge >= 0.3 is 0 Å². The zero-order chi connectivity index (χ0) is 18.7. The molecule has 0 aromatic heterocycles. The van der Waals surface area contributed by atoms with E-state index >= 15 is 0 Å². The molecule has 0 aliphatic carbocycles. The van der Waals surface area contributed by atoms with Gasteiger partial charge in [0.1, 0.15) is 0 Å². The van der Waals surface area contributed by atoms with Crippen LogP contribution in [0.15, 0.2) is 35.3 Å². The van der Waals surface area contributed by atoms with Gasteiger partial charge in [0.05, 0.1) is 13.2 Å². The van der Waals surface area contributed by atoms with Gasteiger partial charge in [0, 0.05) is 26.2 Å². The number of benzene rings is 1. The number of nitrogens with one attached hydrogen (secondary N) is 1. The summed E-state index contributed by atoms with van der Waals surface area (Å²) in [6, 6.07) is 10.7. The molecule has 146 valence electrons. The zero-order valence-corrected chi connectivity index (χ0v) is 16.5. The number of nitrogens with two attached hydrogens (primary N) is 1. The van der Waals surface area contributed by atoms with Gasteiger partial charge < -0.3 is 15.8 Å². The fourth-order valence-electron chi connectivity index (χ4n) is 3.19. The largest absolute Gasteiger partial charge is 0.379 e. The molecule has 26 heavy (non-hydrogen) atoms. The highest BCUT2D eigenvalue weighted by Gasteiger charge is 2.17. The molecular weight excluding hydrogens is 324 g/mol. The van der Waals surface area contributed by atoms with Crippen LogP contribution >= 0.6 is 0 Å². The average molecular weight is 361 g/mol. The minimum atomic E-state index is 0.175. The second-order valence-electron chi connectivity index (χ2n) is 7.94. The van der Waals surface area contributed by atoms with Crippen LogP contribution in [0.4, 0.5) is 0 Å². The molecule has 1 aromatic carbocycles. The van der Waals surface area contributed by atoms with E-state index < -0.39 is 0 Å². The summed E-state index contributed by atoms with van der Waals surface area (Å²) in [4.78, 5) is 6.99. The summed E-state index contributed by atoms with van der Waals surface area (Å²) in [5, 5.41) is 3.25. The standard InChI is InChI=1S/C21H36N4O/c1-21(2,11-6-10-19-8-4-3-5-9-19)18-24-20(22)23-12-7-13-25-14-16-26-17-15-25/h3-5,8-9H,6-7,10-18H2,1-2H3,(H3,22,23,24). The Morgan fingerprint density at radius 3 is 2.65 bits per heavy atom. The number of aliphatic imine (C=N–C) groups is 1. The van der Waals surface area contributed by atoms with Crippen molar-refractivity contribution in [2.75, 3.05) is 45.9 Å². The molecule has 0 spiro atoms. The highest BCUT2D eigenvalue weighted by Crippen LogP contribution is 2.23. The van der Waals surface area contributed by atoms with Crippen molar-refractivity contribution in [1.82, 2.24) is 10.2 Å². The Balaban J connectivity index is 1.58. The molecule has 1 fully saturated rings. The van der Waals surface area contributed by atoms with Crippen LogP contribution in [0, 0.1) is 5.41 Å². The third kappa shape index (κ3) is 8.68. The quantitative estimate of drug-likeness (QED) is 0.382. The van der Waals surface area contributed by atoms with Gasteiger partial charge in [-0.05, 0) is 43.2 Å². The van der Waals surface area contributed by atoms with E-state index in [1.165, 1.54) is 12.0 Å². The minimum Gasteiger partial charge on any atom is -0.379 e.